The summed E-state index contributed by atoms with van der Waals surface area (Å²) in [4.78, 5) is -0.307. The van der Waals surface area contributed by atoms with Gasteiger partial charge < -0.3 is 5.11 Å². The molecule has 38 heavy (non-hydrogen) atoms. The number of benzene rings is 2. The van der Waals surface area contributed by atoms with E-state index in [1.54, 1.807) is 20.8 Å². The summed E-state index contributed by atoms with van der Waals surface area (Å²) in [6.07, 6.45) is 4.41. The summed E-state index contributed by atoms with van der Waals surface area (Å²) in [6, 6.07) is 5.42. The molecule has 0 amide bonds. The zero-order valence-electron chi connectivity index (χ0n) is 20.7. The van der Waals surface area contributed by atoms with E-state index in [9.17, 15) is 30.4 Å². The van der Waals surface area contributed by atoms with Crippen LogP contribution in [0.25, 0.3) is 10.8 Å². The molecule has 0 atom stereocenters. The number of phenolic OH excluding ortho intramolecular Hbond substituents is 1. The van der Waals surface area contributed by atoms with Crippen molar-refractivity contribution in [2.45, 2.75) is 37.6 Å². The van der Waals surface area contributed by atoms with E-state index in [-0.39, 0.29) is 63.0 Å². The van der Waals surface area contributed by atoms with Gasteiger partial charge in [0.2, 0.25) is 20.3 Å². The Morgan fingerprint density at radius 1 is 1.05 bits per heavy atom. The second-order valence-corrected chi connectivity index (χ2v) is 13.8. The van der Waals surface area contributed by atoms with Crippen molar-refractivity contribution in [3.05, 3.63) is 48.2 Å². The third kappa shape index (κ3) is 7.51. The van der Waals surface area contributed by atoms with Crippen molar-refractivity contribution in [3.8, 4) is 5.75 Å². The Bertz CT molecular complexity index is 1700. The Hall–Kier alpha value is -2.11. The van der Waals surface area contributed by atoms with Crippen LogP contribution in [0.2, 0.25) is 0 Å². The number of azo groups is 1. The van der Waals surface area contributed by atoms with Crippen LogP contribution >= 0.6 is 0 Å². The number of hydrogen-bond donors (Lipinski definition) is 3. The number of hydrogen-bond acceptors (Lipinski definition) is 9. The number of nitrogens with zero attached hydrogens (tertiary/aromatic N) is 3. The third-order valence-corrected chi connectivity index (χ3v) is 8.91. The van der Waals surface area contributed by atoms with Crippen LogP contribution in [-0.4, -0.2) is 88.7 Å². The van der Waals surface area contributed by atoms with Crippen molar-refractivity contribution in [2.75, 3.05) is 18.8 Å². The quantitative estimate of drug-likeness (QED) is 0.250. The predicted octanol–water partition coefficient (Wildman–Crippen LogP) is 2.17. The first-order valence-corrected chi connectivity index (χ1v) is 14.8. The number of nitrogens with one attached hydrogen (secondary N) is 2. The maximum absolute atomic E-state index is 13.1. The summed E-state index contributed by atoms with van der Waals surface area (Å²) in [5, 5.41) is 19.4. The van der Waals surface area contributed by atoms with E-state index in [0.29, 0.717) is 5.70 Å². The third-order valence-electron chi connectivity index (χ3n) is 4.97. The summed E-state index contributed by atoms with van der Waals surface area (Å²) in [5.41, 5.74) is -0.568. The minimum absolute atomic E-state index is 0. The van der Waals surface area contributed by atoms with Crippen LogP contribution in [-0.2, 0) is 30.5 Å². The van der Waals surface area contributed by atoms with E-state index in [0.717, 1.165) is 10.4 Å². The van der Waals surface area contributed by atoms with Gasteiger partial charge in [-0.2, -0.15) is 26.3 Å². The SMILES string of the molecule is CN(C)S(=O)(=O)Nc1cccc2c(O)c(S(=O)(=O)NC(C)(C)C)cc(N=NC3=CCC(=S(=O)=O)C=C3)c12.[NaH]. The zero-order valence-corrected chi connectivity index (χ0v) is 23.2. The number of fused-ring (bicyclic) bond motifs is 1. The van der Waals surface area contributed by atoms with E-state index >= 15 is 0 Å². The van der Waals surface area contributed by atoms with Crippen molar-refractivity contribution in [2.24, 2.45) is 10.2 Å². The van der Waals surface area contributed by atoms with Gasteiger partial charge in [0.1, 0.15) is 10.6 Å². The monoisotopic (exact) mass is 593 g/mol. The average Bonchev–Trinajstić information content (AvgIpc) is 2.77. The minimum atomic E-state index is -4.23. The molecule has 0 aromatic heterocycles. The summed E-state index contributed by atoms with van der Waals surface area (Å²) in [7, 11) is -7.92. The average molecular weight is 594 g/mol. The molecule has 2 aromatic rings. The second-order valence-electron chi connectivity index (χ2n) is 9.28. The van der Waals surface area contributed by atoms with Crippen molar-refractivity contribution in [1.82, 2.24) is 9.03 Å². The van der Waals surface area contributed by atoms with Crippen LogP contribution in [0.3, 0.4) is 0 Å². The van der Waals surface area contributed by atoms with Crippen molar-refractivity contribution < 1.29 is 30.4 Å². The Kier molecular flexibility index (Phi) is 10.1. The fraction of sp³-hybridized carbons (Fsp3) is 0.318. The molecular formula is C22H28N5NaO7S3. The van der Waals surface area contributed by atoms with Crippen LogP contribution in [0.4, 0.5) is 11.4 Å². The zero-order chi connectivity index (χ0) is 27.8. The number of allylic oxidation sites excluding steroid dienone is 3. The Balaban J connectivity index is 0.00000507. The number of aromatic hydroxyl groups is 1. The fourth-order valence-electron chi connectivity index (χ4n) is 3.31. The first-order valence-electron chi connectivity index (χ1n) is 10.8. The molecule has 0 unspecified atom stereocenters. The number of sulfonamides is 1. The molecule has 16 heteroatoms. The predicted molar refractivity (Wildman–Crippen MR) is 149 cm³/mol. The first kappa shape index (κ1) is 32.1. The van der Waals surface area contributed by atoms with Crippen LogP contribution in [0.5, 0.6) is 5.75 Å². The molecule has 12 nitrogen and oxygen atoms in total. The Labute approximate surface area is 245 Å². The van der Waals surface area contributed by atoms with Crippen molar-refractivity contribution in [3.63, 3.8) is 0 Å². The molecular weight excluding hydrogens is 565 g/mol. The van der Waals surface area contributed by atoms with Gasteiger partial charge in [-0.1, -0.05) is 18.2 Å². The standard InChI is InChI=1S/C22H27N5O7S3.Na.H/c1-22(2,3)26-36(31,32)19-13-18(24-23-14-9-11-15(12-10-14)35(29)30)20-16(21(19)28)7-6-8-17(20)25-37(33,34)27(4)5;;/h6-11,13,25-26,28H,12H2,1-5H3;;. The Morgan fingerprint density at radius 2 is 1.71 bits per heavy atom. The molecule has 202 valence electrons. The van der Waals surface area contributed by atoms with Gasteiger partial charge in [-0.05, 0) is 45.1 Å². The summed E-state index contributed by atoms with van der Waals surface area (Å²) in [6.45, 7) is 4.92. The number of anilines is 1. The topological polar surface area (TPSA) is 175 Å². The molecule has 0 fully saturated rings. The summed E-state index contributed by atoms with van der Waals surface area (Å²) < 4.78 is 79.4. The van der Waals surface area contributed by atoms with Gasteiger partial charge in [-0.3, -0.25) is 4.72 Å². The molecule has 0 saturated carbocycles. The van der Waals surface area contributed by atoms with Gasteiger partial charge in [-0.25, -0.2) is 13.1 Å². The van der Waals surface area contributed by atoms with Gasteiger partial charge >= 0.3 is 39.8 Å². The van der Waals surface area contributed by atoms with Gasteiger partial charge in [-0.15, -0.1) is 5.11 Å². The van der Waals surface area contributed by atoms with E-state index in [4.69, 9.17) is 0 Å². The molecule has 0 radical (unpaired) electrons. The molecule has 0 aliphatic heterocycles. The fourth-order valence-corrected chi connectivity index (χ4v) is 5.89. The van der Waals surface area contributed by atoms with Gasteiger partial charge in [0.25, 0.3) is 0 Å². The molecule has 0 saturated heterocycles. The van der Waals surface area contributed by atoms with Crippen molar-refractivity contribution in [1.29, 1.82) is 0 Å². The van der Waals surface area contributed by atoms with Crippen LogP contribution in [0.1, 0.15) is 27.2 Å². The van der Waals surface area contributed by atoms with Crippen LogP contribution in [0, 0.1) is 0 Å². The van der Waals surface area contributed by atoms with E-state index in [1.165, 1.54) is 50.5 Å². The molecule has 3 N–H and O–H groups in total. The summed E-state index contributed by atoms with van der Waals surface area (Å²) in [5.74, 6) is -0.592. The molecule has 3 rings (SSSR count). The van der Waals surface area contributed by atoms with E-state index in [1.807, 2.05) is 0 Å². The van der Waals surface area contributed by atoms with Crippen LogP contribution < -0.4 is 9.44 Å². The second kappa shape index (κ2) is 12.0. The molecule has 2 aromatic carbocycles. The maximum atomic E-state index is 13.1. The molecule has 1 aliphatic carbocycles. The molecule has 0 heterocycles. The first-order chi connectivity index (χ1) is 17.0. The van der Waals surface area contributed by atoms with Crippen molar-refractivity contribution >= 4 is 87.1 Å². The van der Waals surface area contributed by atoms with Gasteiger partial charge in [0, 0.05) is 36.8 Å². The number of rotatable bonds is 7. The normalized spacial score (nSPS) is 14.6. The van der Waals surface area contributed by atoms with E-state index < -0.39 is 46.7 Å². The molecule has 1 aliphatic rings. The van der Waals surface area contributed by atoms with Gasteiger partial charge in [0.15, 0.2) is 0 Å². The Morgan fingerprint density at radius 3 is 2.24 bits per heavy atom. The summed E-state index contributed by atoms with van der Waals surface area (Å²) >= 11 is 0. The molecule has 0 bridgehead atoms. The molecule has 0 spiro atoms. The van der Waals surface area contributed by atoms with E-state index in [2.05, 4.69) is 19.7 Å². The van der Waals surface area contributed by atoms with Crippen LogP contribution in [0.15, 0.2) is 63.3 Å². The van der Waals surface area contributed by atoms with Gasteiger partial charge in [0.05, 0.1) is 21.9 Å². The number of phenols is 1.